The first kappa shape index (κ1) is 17.0. The molecule has 2 aromatic rings. The molecule has 24 heavy (non-hydrogen) atoms. The van der Waals surface area contributed by atoms with Gasteiger partial charge in [-0.25, -0.2) is 4.98 Å². The highest BCUT2D eigenvalue weighted by molar-refractivity contribution is 7.13. The number of nitrogens with one attached hydrogen (secondary N) is 1. The number of carbonyl (C=O) groups is 2. The number of nitrogens with zero attached hydrogens (tertiary/aromatic N) is 4. The van der Waals surface area contributed by atoms with E-state index < -0.39 is 0 Å². The van der Waals surface area contributed by atoms with Gasteiger partial charge in [0.15, 0.2) is 5.13 Å². The van der Waals surface area contributed by atoms with E-state index in [9.17, 15) is 9.59 Å². The smallest absolute Gasteiger partial charge is 0.267 e. The topological polar surface area (TPSA) is 88.1 Å². The third-order valence-corrected chi connectivity index (χ3v) is 5.50. The van der Waals surface area contributed by atoms with E-state index in [1.165, 1.54) is 11.3 Å². The van der Waals surface area contributed by atoms with Crippen LogP contribution in [0.5, 0.6) is 0 Å². The van der Waals surface area contributed by atoms with Crippen molar-refractivity contribution in [3.8, 4) is 0 Å². The Morgan fingerprint density at radius 1 is 1.38 bits per heavy atom. The van der Waals surface area contributed by atoms with Crippen LogP contribution < -0.4 is 5.32 Å². The van der Waals surface area contributed by atoms with E-state index in [0.717, 1.165) is 30.1 Å². The largest absolute Gasteiger partial charge is 0.338 e. The molecule has 3 heterocycles. The van der Waals surface area contributed by atoms with Crippen LogP contribution in [-0.4, -0.2) is 44.4 Å². The number of amides is 2. The summed E-state index contributed by atoms with van der Waals surface area (Å²) >= 11 is 2.57. The zero-order valence-electron chi connectivity index (χ0n) is 13.4. The predicted octanol–water partition coefficient (Wildman–Crippen LogP) is 2.44. The second kappa shape index (κ2) is 7.80. The van der Waals surface area contributed by atoms with Gasteiger partial charge < -0.3 is 10.2 Å². The number of hydrogen-bond donors (Lipinski definition) is 1. The Kier molecular flexibility index (Phi) is 5.52. The van der Waals surface area contributed by atoms with Crippen molar-refractivity contribution in [1.29, 1.82) is 0 Å². The quantitative estimate of drug-likeness (QED) is 0.879. The van der Waals surface area contributed by atoms with Crippen LogP contribution in [0.2, 0.25) is 0 Å². The fourth-order valence-corrected chi connectivity index (χ4v) is 3.96. The summed E-state index contributed by atoms with van der Waals surface area (Å²) in [7, 11) is 0. The maximum absolute atomic E-state index is 12.6. The van der Waals surface area contributed by atoms with Crippen LogP contribution in [0.15, 0.2) is 11.6 Å². The van der Waals surface area contributed by atoms with E-state index >= 15 is 0 Å². The van der Waals surface area contributed by atoms with Crippen LogP contribution in [0, 0.1) is 5.92 Å². The Balaban J connectivity index is 1.55. The average Bonchev–Trinajstić information content (AvgIpc) is 3.26. The van der Waals surface area contributed by atoms with Crippen LogP contribution in [-0.2, 0) is 11.2 Å². The Labute approximate surface area is 148 Å². The van der Waals surface area contributed by atoms with Crippen LogP contribution in [0.1, 0.15) is 41.6 Å². The lowest BCUT2D eigenvalue weighted by atomic mass is 9.96. The van der Waals surface area contributed by atoms with Crippen LogP contribution in [0.3, 0.4) is 0 Å². The molecule has 0 aromatic carbocycles. The summed E-state index contributed by atoms with van der Waals surface area (Å²) in [6.45, 7) is 3.22. The summed E-state index contributed by atoms with van der Waals surface area (Å²) in [5.41, 5.74) is 0.788. The van der Waals surface area contributed by atoms with Gasteiger partial charge in [-0.15, -0.1) is 16.4 Å². The van der Waals surface area contributed by atoms with Crippen molar-refractivity contribution in [2.75, 3.05) is 18.4 Å². The summed E-state index contributed by atoms with van der Waals surface area (Å²) in [5.74, 6) is -0.0944. The molecule has 3 rings (SSSR count). The number of hydrogen-bond acceptors (Lipinski definition) is 7. The number of aryl methyl sites for hydroxylation is 1. The van der Waals surface area contributed by atoms with Crippen molar-refractivity contribution in [3.63, 3.8) is 0 Å². The highest BCUT2D eigenvalue weighted by atomic mass is 32.1. The van der Waals surface area contributed by atoms with Gasteiger partial charge in [-0.05, 0) is 30.8 Å². The van der Waals surface area contributed by atoms with E-state index in [-0.39, 0.29) is 17.7 Å². The minimum atomic E-state index is -0.0763. The minimum absolute atomic E-state index is 0.00719. The summed E-state index contributed by atoms with van der Waals surface area (Å²) in [4.78, 5) is 31.4. The first-order chi connectivity index (χ1) is 11.7. The van der Waals surface area contributed by atoms with E-state index in [4.69, 9.17) is 0 Å². The number of rotatable bonds is 5. The molecule has 1 aliphatic rings. The van der Waals surface area contributed by atoms with E-state index in [0.29, 0.717) is 35.9 Å². The van der Waals surface area contributed by atoms with Crippen molar-refractivity contribution in [2.24, 2.45) is 5.92 Å². The van der Waals surface area contributed by atoms with Gasteiger partial charge in [-0.1, -0.05) is 17.8 Å². The molecule has 0 atom stereocenters. The number of piperidine rings is 1. The number of anilines is 1. The summed E-state index contributed by atoms with van der Waals surface area (Å²) in [5, 5.41) is 9.34. The molecule has 2 amide bonds. The lowest BCUT2D eigenvalue weighted by molar-refractivity contribution is -0.121. The highest BCUT2D eigenvalue weighted by Crippen LogP contribution is 2.23. The van der Waals surface area contributed by atoms with Crippen molar-refractivity contribution in [2.45, 2.75) is 32.6 Å². The van der Waals surface area contributed by atoms with Gasteiger partial charge in [0, 0.05) is 30.6 Å². The van der Waals surface area contributed by atoms with Crippen molar-refractivity contribution in [1.82, 2.24) is 19.5 Å². The molecule has 2 aromatic heterocycles. The maximum Gasteiger partial charge on any atom is 0.267 e. The van der Waals surface area contributed by atoms with E-state index in [2.05, 4.69) is 26.8 Å². The molecular formula is C15H19N5O2S2. The fourth-order valence-electron chi connectivity index (χ4n) is 2.75. The second-order valence-electron chi connectivity index (χ2n) is 5.69. The second-order valence-corrected chi connectivity index (χ2v) is 7.34. The zero-order valence-corrected chi connectivity index (χ0v) is 15.0. The molecule has 0 aliphatic carbocycles. The molecular weight excluding hydrogens is 346 g/mol. The van der Waals surface area contributed by atoms with Crippen LogP contribution in [0.25, 0.3) is 0 Å². The lowest BCUT2D eigenvalue weighted by Gasteiger charge is -2.30. The molecule has 128 valence electrons. The lowest BCUT2D eigenvalue weighted by Crippen LogP contribution is -2.41. The SMILES string of the molecule is CCCc1nnsc1C(=O)N1CCC(C(=O)Nc2nccs2)CC1. The van der Waals surface area contributed by atoms with Gasteiger partial charge in [-0.2, -0.15) is 0 Å². The molecule has 1 aliphatic heterocycles. The minimum Gasteiger partial charge on any atom is -0.338 e. The number of thiazole rings is 1. The summed E-state index contributed by atoms with van der Waals surface area (Å²) < 4.78 is 3.92. The van der Waals surface area contributed by atoms with Gasteiger partial charge in [-0.3, -0.25) is 9.59 Å². The van der Waals surface area contributed by atoms with E-state index in [1.54, 1.807) is 6.20 Å². The predicted molar refractivity (Wildman–Crippen MR) is 93.3 cm³/mol. The third kappa shape index (κ3) is 3.78. The molecule has 9 heteroatoms. The van der Waals surface area contributed by atoms with E-state index in [1.807, 2.05) is 10.3 Å². The molecule has 0 radical (unpaired) electrons. The normalized spacial score (nSPS) is 15.5. The fraction of sp³-hybridized carbons (Fsp3) is 0.533. The summed E-state index contributed by atoms with van der Waals surface area (Å²) in [6, 6.07) is 0. The Morgan fingerprint density at radius 3 is 2.83 bits per heavy atom. The Bertz CT molecular complexity index is 693. The third-order valence-electron chi connectivity index (χ3n) is 4.05. The van der Waals surface area contributed by atoms with Crippen LogP contribution in [0.4, 0.5) is 5.13 Å². The molecule has 0 bridgehead atoms. The highest BCUT2D eigenvalue weighted by Gasteiger charge is 2.30. The molecule has 0 spiro atoms. The number of likely N-dealkylation sites (tertiary alicyclic amines) is 1. The summed E-state index contributed by atoms with van der Waals surface area (Å²) in [6.07, 6.45) is 4.70. The standard InChI is InChI=1S/C15H19N5O2S2/c1-2-3-11-12(24-19-18-11)14(22)20-7-4-10(5-8-20)13(21)17-15-16-6-9-23-15/h6,9-10H,2-5,7-8H2,1H3,(H,16,17,21). The maximum atomic E-state index is 12.6. The molecule has 1 N–H and O–H groups in total. The first-order valence-corrected chi connectivity index (χ1v) is 9.65. The number of aromatic nitrogens is 3. The number of carbonyl (C=O) groups excluding carboxylic acids is 2. The molecule has 0 saturated carbocycles. The van der Waals surface area contributed by atoms with Gasteiger partial charge >= 0.3 is 0 Å². The monoisotopic (exact) mass is 365 g/mol. The first-order valence-electron chi connectivity index (χ1n) is 8.00. The van der Waals surface area contributed by atoms with Gasteiger partial charge in [0.1, 0.15) is 4.88 Å². The zero-order chi connectivity index (χ0) is 16.9. The van der Waals surface area contributed by atoms with Crippen molar-refractivity contribution in [3.05, 3.63) is 22.1 Å². The van der Waals surface area contributed by atoms with Gasteiger partial charge in [0.2, 0.25) is 5.91 Å². The Hall–Kier alpha value is -1.87. The van der Waals surface area contributed by atoms with Gasteiger partial charge in [0.25, 0.3) is 5.91 Å². The molecule has 1 fully saturated rings. The average molecular weight is 365 g/mol. The molecule has 0 unspecified atom stereocenters. The van der Waals surface area contributed by atoms with Gasteiger partial charge in [0.05, 0.1) is 5.69 Å². The van der Waals surface area contributed by atoms with Crippen LogP contribution >= 0.6 is 22.9 Å². The molecule has 1 saturated heterocycles. The molecule has 7 nitrogen and oxygen atoms in total. The van der Waals surface area contributed by atoms with Crippen molar-refractivity contribution < 1.29 is 9.59 Å². The van der Waals surface area contributed by atoms with Crippen molar-refractivity contribution >= 4 is 39.8 Å². The Morgan fingerprint density at radius 2 is 2.17 bits per heavy atom.